The predicted octanol–water partition coefficient (Wildman–Crippen LogP) is 6.05. The van der Waals surface area contributed by atoms with Crippen molar-refractivity contribution >= 4 is 11.6 Å². The highest BCUT2D eigenvalue weighted by Gasteiger charge is 2.30. The van der Waals surface area contributed by atoms with E-state index in [0.29, 0.717) is 25.4 Å². The van der Waals surface area contributed by atoms with Gasteiger partial charge in [-0.3, -0.25) is 4.79 Å². The van der Waals surface area contributed by atoms with Crippen LogP contribution < -0.4 is 5.32 Å². The van der Waals surface area contributed by atoms with Crippen LogP contribution in [0.2, 0.25) is 0 Å². The van der Waals surface area contributed by atoms with Crippen LogP contribution in [0.3, 0.4) is 0 Å². The molecule has 3 aromatic carbocycles. The molecule has 5 rings (SSSR count). The fourth-order valence-electron chi connectivity index (χ4n) is 4.82. The Morgan fingerprint density at radius 1 is 0.943 bits per heavy atom. The number of allylic oxidation sites excluding steroid dienone is 1. The number of fused-ring (bicyclic) bond motifs is 3. The topological polar surface area (TPSA) is 56.8 Å². The van der Waals surface area contributed by atoms with Crippen LogP contribution in [0.15, 0.2) is 84.6 Å². The highest BCUT2D eigenvalue weighted by molar-refractivity contribution is 6.02. The number of carbonyl (C=O) groups is 1. The fourth-order valence-corrected chi connectivity index (χ4v) is 4.82. The number of hydrogen-bond acceptors (Lipinski definition) is 4. The average molecular weight is 470 g/mol. The number of carbonyl (C=O) groups excluding carboxylic acids is 1. The fraction of sp³-hybridized carbons (Fsp3) is 0.300. The minimum absolute atomic E-state index is 0.0262. The standard InChI is InChI=1S/C30H31NO4/c1-33-15-7-8-16-34-29-20-23(19-28(35-29)30(32)31-25-10-3-2-4-11-25)21-13-14-27-24(17-21)18-22-9-5-6-12-26(22)27/h2-6,9-14,17,19,23,29H,7-8,15-16,18,20H2,1H3,(H,31,32). The number of para-hydroxylation sites is 1. The molecular weight excluding hydrogens is 438 g/mol. The summed E-state index contributed by atoms with van der Waals surface area (Å²) in [4.78, 5) is 13.1. The number of hydrogen-bond donors (Lipinski definition) is 1. The second-order valence-electron chi connectivity index (χ2n) is 9.06. The van der Waals surface area contributed by atoms with Crippen LogP contribution in [0.5, 0.6) is 0 Å². The lowest BCUT2D eigenvalue weighted by molar-refractivity contribution is -0.143. The molecule has 35 heavy (non-hydrogen) atoms. The Morgan fingerprint density at radius 3 is 2.57 bits per heavy atom. The molecule has 180 valence electrons. The smallest absolute Gasteiger partial charge is 0.290 e. The minimum Gasteiger partial charge on any atom is -0.459 e. The quantitative estimate of drug-likeness (QED) is 0.303. The summed E-state index contributed by atoms with van der Waals surface area (Å²) in [5.74, 6) is 0.0662. The third kappa shape index (κ3) is 5.47. The summed E-state index contributed by atoms with van der Waals surface area (Å²) in [6, 6.07) is 24.7. The molecular formula is C30H31NO4. The number of methoxy groups -OCH3 is 1. The van der Waals surface area contributed by atoms with E-state index in [1.807, 2.05) is 36.4 Å². The van der Waals surface area contributed by atoms with E-state index in [4.69, 9.17) is 14.2 Å². The second kappa shape index (κ2) is 10.9. The maximum atomic E-state index is 13.1. The number of unbranched alkanes of at least 4 members (excludes halogenated alkanes) is 1. The number of amides is 1. The van der Waals surface area contributed by atoms with E-state index < -0.39 is 6.29 Å². The first-order chi connectivity index (χ1) is 17.2. The first-order valence-electron chi connectivity index (χ1n) is 12.3. The Kier molecular flexibility index (Phi) is 7.26. The van der Waals surface area contributed by atoms with Gasteiger partial charge in [0.05, 0.1) is 6.61 Å². The van der Waals surface area contributed by atoms with Gasteiger partial charge in [0.1, 0.15) is 0 Å². The SMILES string of the molecule is COCCCCOC1CC(c2ccc3c(c2)Cc2ccccc2-3)C=C(C(=O)Nc2ccccc2)O1. The van der Waals surface area contributed by atoms with Gasteiger partial charge in [-0.2, -0.15) is 0 Å². The molecule has 1 aliphatic carbocycles. The Bertz CT molecular complexity index is 1200. The lowest BCUT2D eigenvalue weighted by atomic mass is 9.90. The van der Waals surface area contributed by atoms with Crippen molar-refractivity contribution in [1.29, 1.82) is 0 Å². The lowest BCUT2D eigenvalue weighted by Crippen LogP contribution is -2.29. The molecule has 1 aliphatic heterocycles. The lowest BCUT2D eigenvalue weighted by Gasteiger charge is -2.29. The Hall–Kier alpha value is -3.41. The van der Waals surface area contributed by atoms with Crippen molar-refractivity contribution in [3.63, 3.8) is 0 Å². The summed E-state index contributed by atoms with van der Waals surface area (Å²) in [6.07, 6.45) is 4.87. The van der Waals surface area contributed by atoms with Crippen LogP contribution in [-0.2, 0) is 25.4 Å². The molecule has 0 fully saturated rings. The zero-order valence-electron chi connectivity index (χ0n) is 20.0. The molecule has 5 heteroatoms. The Balaban J connectivity index is 1.36. The van der Waals surface area contributed by atoms with Crippen LogP contribution in [0.1, 0.15) is 41.9 Å². The molecule has 1 amide bonds. The Morgan fingerprint density at radius 2 is 1.71 bits per heavy atom. The van der Waals surface area contributed by atoms with Crippen LogP contribution >= 0.6 is 0 Å². The molecule has 0 saturated carbocycles. The van der Waals surface area contributed by atoms with E-state index in [1.165, 1.54) is 27.8 Å². The Labute approximate surface area is 206 Å². The first kappa shape index (κ1) is 23.3. The summed E-state index contributed by atoms with van der Waals surface area (Å²) < 4.78 is 17.2. The minimum atomic E-state index is -0.477. The molecule has 2 aliphatic rings. The molecule has 0 radical (unpaired) electrons. The van der Waals surface area contributed by atoms with Gasteiger partial charge in [-0.15, -0.1) is 0 Å². The van der Waals surface area contributed by atoms with Crippen molar-refractivity contribution in [2.75, 3.05) is 25.6 Å². The van der Waals surface area contributed by atoms with Gasteiger partial charge >= 0.3 is 0 Å². The monoisotopic (exact) mass is 469 g/mol. The molecule has 0 spiro atoms. The van der Waals surface area contributed by atoms with Crippen LogP contribution in [-0.4, -0.2) is 32.5 Å². The summed E-state index contributed by atoms with van der Waals surface area (Å²) in [5, 5.41) is 2.94. The molecule has 0 saturated heterocycles. The number of anilines is 1. The molecule has 5 nitrogen and oxygen atoms in total. The third-order valence-corrected chi connectivity index (χ3v) is 6.61. The first-order valence-corrected chi connectivity index (χ1v) is 12.3. The van der Waals surface area contributed by atoms with Crippen molar-refractivity contribution in [2.24, 2.45) is 0 Å². The van der Waals surface area contributed by atoms with Crippen molar-refractivity contribution in [3.05, 3.63) is 101 Å². The summed E-state index contributed by atoms with van der Waals surface area (Å²) in [6.45, 7) is 1.27. The normalized spacial score (nSPS) is 18.3. The maximum absolute atomic E-state index is 13.1. The molecule has 1 heterocycles. The highest BCUT2D eigenvalue weighted by atomic mass is 16.7. The van der Waals surface area contributed by atoms with Crippen LogP contribution in [0.4, 0.5) is 5.69 Å². The number of benzene rings is 3. The van der Waals surface area contributed by atoms with E-state index in [1.54, 1.807) is 7.11 Å². The van der Waals surface area contributed by atoms with Gasteiger partial charge in [-0.1, -0.05) is 60.7 Å². The second-order valence-corrected chi connectivity index (χ2v) is 9.06. The maximum Gasteiger partial charge on any atom is 0.290 e. The molecule has 2 unspecified atom stereocenters. The molecule has 0 aromatic heterocycles. The number of rotatable bonds is 9. The van der Waals surface area contributed by atoms with Crippen molar-refractivity contribution < 1.29 is 19.0 Å². The van der Waals surface area contributed by atoms with Crippen molar-refractivity contribution in [2.45, 2.75) is 37.9 Å². The van der Waals surface area contributed by atoms with Gasteiger partial charge in [0, 0.05) is 31.7 Å². The van der Waals surface area contributed by atoms with Crippen molar-refractivity contribution in [1.82, 2.24) is 0 Å². The van der Waals surface area contributed by atoms with Crippen LogP contribution in [0.25, 0.3) is 11.1 Å². The zero-order valence-corrected chi connectivity index (χ0v) is 20.0. The average Bonchev–Trinajstić information content (AvgIpc) is 3.27. The molecule has 3 aromatic rings. The molecule has 1 N–H and O–H groups in total. The van der Waals surface area contributed by atoms with E-state index in [0.717, 1.165) is 24.9 Å². The molecule has 2 atom stereocenters. The third-order valence-electron chi connectivity index (χ3n) is 6.61. The van der Waals surface area contributed by atoms with Crippen molar-refractivity contribution in [3.8, 4) is 11.1 Å². The van der Waals surface area contributed by atoms with Crippen LogP contribution in [0, 0.1) is 0 Å². The van der Waals surface area contributed by atoms with Gasteiger partial charge in [0.25, 0.3) is 5.91 Å². The summed E-state index contributed by atoms with van der Waals surface area (Å²) >= 11 is 0. The van der Waals surface area contributed by atoms with E-state index >= 15 is 0 Å². The van der Waals surface area contributed by atoms with Gasteiger partial charge in [0.15, 0.2) is 5.76 Å². The zero-order chi connectivity index (χ0) is 24.0. The van der Waals surface area contributed by atoms with E-state index in [2.05, 4.69) is 47.8 Å². The largest absolute Gasteiger partial charge is 0.459 e. The summed E-state index contributed by atoms with van der Waals surface area (Å²) in [7, 11) is 1.70. The number of nitrogens with one attached hydrogen (secondary N) is 1. The van der Waals surface area contributed by atoms with E-state index in [9.17, 15) is 4.79 Å². The van der Waals surface area contributed by atoms with Gasteiger partial charge < -0.3 is 19.5 Å². The van der Waals surface area contributed by atoms with E-state index in [-0.39, 0.29) is 11.8 Å². The highest BCUT2D eigenvalue weighted by Crippen LogP contribution is 2.40. The molecule has 0 bridgehead atoms. The van der Waals surface area contributed by atoms with Gasteiger partial charge in [0.2, 0.25) is 6.29 Å². The summed E-state index contributed by atoms with van der Waals surface area (Å²) in [5.41, 5.74) is 7.22. The van der Waals surface area contributed by atoms with Gasteiger partial charge in [-0.25, -0.2) is 0 Å². The van der Waals surface area contributed by atoms with Gasteiger partial charge in [-0.05, 0) is 65.3 Å². The predicted molar refractivity (Wildman–Crippen MR) is 137 cm³/mol. The number of ether oxygens (including phenoxy) is 3.